The molecule has 2 aromatic carbocycles. The van der Waals surface area contributed by atoms with Gasteiger partial charge in [0.1, 0.15) is 17.5 Å². The van der Waals surface area contributed by atoms with E-state index >= 15 is 0 Å². The molecule has 1 saturated heterocycles. The van der Waals surface area contributed by atoms with Gasteiger partial charge in [0.25, 0.3) is 0 Å². The standard InChI is InChI=1S/C19H21NO3S/c1-11-8-12(2)13(3)17(9-11)23-15-6-4-14(5-7-15)18-20-16(10-24-18)19(21)22/h4-9,16,18,20H,10H2,1-3H3,(H,21,22). The minimum atomic E-state index is -0.796. The number of hydrogen-bond acceptors (Lipinski definition) is 4. The molecule has 2 unspecified atom stereocenters. The molecular formula is C19H21NO3S. The summed E-state index contributed by atoms with van der Waals surface area (Å²) >= 11 is 1.62. The maximum absolute atomic E-state index is 11.0. The molecule has 24 heavy (non-hydrogen) atoms. The van der Waals surface area contributed by atoms with Crippen molar-refractivity contribution < 1.29 is 14.6 Å². The van der Waals surface area contributed by atoms with Crippen LogP contribution >= 0.6 is 11.8 Å². The smallest absolute Gasteiger partial charge is 0.321 e. The lowest BCUT2D eigenvalue weighted by molar-refractivity contribution is -0.138. The molecule has 2 aromatic rings. The van der Waals surface area contributed by atoms with Gasteiger partial charge in [0.2, 0.25) is 0 Å². The molecule has 2 atom stereocenters. The predicted octanol–water partition coefficient (Wildman–Crippen LogP) is 4.19. The topological polar surface area (TPSA) is 58.6 Å². The Morgan fingerprint density at radius 3 is 2.54 bits per heavy atom. The number of hydrogen-bond donors (Lipinski definition) is 2. The van der Waals surface area contributed by atoms with Gasteiger partial charge >= 0.3 is 5.97 Å². The lowest BCUT2D eigenvalue weighted by Gasteiger charge is -2.14. The summed E-state index contributed by atoms with van der Waals surface area (Å²) in [5, 5.41) is 12.2. The molecule has 126 valence electrons. The molecule has 1 aliphatic heterocycles. The molecule has 1 heterocycles. The molecular weight excluding hydrogens is 322 g/mol. The van der Waals surface area contributed by atoms with Crippen molar-refractivity contribution in [3.8, 4) is 11.5 Å². The highest BCUT2D eigenvalue weighted by Gasteiger charge is 2.30. The molecule has 0 aromatic heterocycles. The average Bonchev–Trinajstić information content (AvgIpc) is 3.03. The van der Waals surface area contributed by atoms with E-state index in [2.05, 4.69) is 32.2 Å². The summed E-state index contributed by atoms with van der Waals surface area (Å²) in [4.78, 5) is 11.0. The summed E-state index contributed by atoms with van der Waals surface area (Å²) in [6.07, 6.45) is 0. The van der Waals surface area contributed by atoms with Crippen LogP contribution in [0.5, 0.6) is 11.5 Å². The number of thioether (sulfide) groups is 1. The van der Waals surface area contributed by atoms with E-state index < -0.39 is 12.0 Å². The number of benzene rings is 2. The maximum Gasteiger partial charge on any atom is 0.321 e. The minimum absolute atomic E-state index is 0.0168. The van der Waals surface area contributed by atoms with Crippen molar-refractivity contribution in [2.24, 2.45) is 0 Å². The number of aryl methyl sites for hydroxylation is 2. The number of carboxylic acid groups (broad SMARTS) is 1. The molecule has 5 heteroatoms. The second kappa shape index (κ2) is 6.87. The fourth-order valence-electron chi connectivity index (χ4n) is 2.75. The molecule has 3 rings (SSSR count). The van der Waals surface area contributed by atoms with Crippen LogP contribution in [-0.4, -0.2) is 22.9 Å². The molecule has 0 spiro atoms. The zero-order valence-corrected chi connectivity index (χ0v) is 14.8. The van der Waals surface area contributed by atoms with Crippen molar-refractivity contribution in [1.82, 2.24) is 5.32 Å². The second-order valence-corrected chi connectivity index (χ2v) is 7.28. The highest BCUT2D eigenvalue weighted by Crippen LogP contribution is 2.34. The molecule has 1 aliphatic rings. The van der Waals surface area contributed by atoms with E-state index in [0.717, 1.165) is 22.6 Å². The number of nitrogens with one attached hydrogen (secondary N) is 1. The van der Waals surface area contributed by atoms with Gasteiger partial charge in [-0.3, -0.25) is 10.1 Å². The van der Waals surface area contributed by atoms with Gasteiger partial charge in [-0.25, -0.2) is 0 Å². The molecule has 0 radical (unpaired) electrons. The molecule has 4 nitrogen and oxygen atoms in total. The van der Waals surface area contributed by atoms with E-state index in [9.17, 15) is 4.79 Å². The lowest BCUT2D eigenvalue weighted by Crippen LogP contribution is -2.33. The fraction of sp³-hybridized carbons (Fsp3) is 0.316. The largest absolute Gasteiger partial charge is 0.480 e. The Hall–Kier alpha value is -1.98. The van der Waals surface area contributed by atoms with Gasteiger partial charge in [-0.05, 0) is 61.2 Å². The minimum Gasteiger partial charge on any atom is -0.480 e. The summed E-state index contributed by atoms with van der Waals surface area (Å²) in [7, 11) is 0. The number of carboxylic acids is 1. The van der Waals surface area contributed by atoms with Crippen LogP contribution in [0.2, 0.25) is 0 Å². The first kappa shape index (κ1) is 16.9. The van der Waals surface area contributed by atoms with E-state index in [1.165, 1.54) is 11.1 Å². The van der Waals surface area contributed by atoms with E-state index in [0.29, 0.717) is 5.75 Å². The molecule has 0 amide bonds. The van der Waals surface area contributed by atoms with Crippen molar-refractivity contribution in [3.05, 3.63) is 58.7 Å². The van der Waals surface area contributed by atoms with Crippen LogP contribution < -0.4 is 10.1 Å². The van der Waals surface area contributed by atoms with Crippen LogP contribution in [-0.2, 0) is 4.79 Å². The molecule has 0 bridgehead atoms. The van der Waals surface area contributed by atoms with Gasteiger partial charge in [-0.1, -0.05) is 18.2 Å². The van der Waals surface area contributed by atoms with Gasteiger partial charge in [0, 0.05) is 5.75 Å². The van der Waals surface area contributed by atoms with Crippen molar-refractivity contribution in [2.75, 3.05) is 5.75 Å². The first-order chi connectivity index (χ1) is 11.4. The number of ether oxygens (including phenoxy) is 1. The quantitative estimate of drug-likeness (QED) is 0.871. The van der Waals surface area contributed by atoms with Crippen LogP contribution in [0.3, 0.4) is 0 Å². The molecule has 2 N–H and O–H groups in total. The van der Waals surface area contributed by atoms with E-state index in [1.807, 2.05) is 30.3 Å². The Morgan fingerprint density at radius 2 is 1.92 bits per heavy atom. The second-order valence-electron chi connectivity index (χ2n) is 6.15. The first-order valence-electron chi connectivity index (χ1n) is 7.90. The zero-order valence-electron chi connectivity index (χ0n) is 14.0. The third-order valence-corrected chi connectivity index (χ3v) is 5.52. The summed E-state index contributed by atoms with van der Waals surface area (Å²) in [5.74, 6) is 1.44. The van der Waals surface area contributed by atoms with Crippen molar-refractivity contribution in [3.63, 3.8) is 0 Å². The number of aliphatic carboxylic acids is 1. The fourth-order valence-corrected chi connectivity index (χ4v) is 3.98. The summed E-state index contributed by atoms with van der Waals surface area (Å²) in [6, 6.07) is 11.6. The Balaban J connectivity index is 1.73. The third-order valence-electron chi connectivity index (χ3n) is 4.25. The SMILES string of the molecule is Cc1cc(C)c(C)c(Oc2ccc(C3NC(C(=O)O)CS3)cc2)c1. The van der Waals surface area contributed by atoms with E-state index in [-0.39, 0.29) is 5.37 Å². The zero-order chi connectivity index (χ0) is 17.3. The molecule has 0 saturated carbocycles. The van der Waals surface area contributed by atoms with E-state index in [4.69, 9.17) is 9.84 Å². The number of rotatable bonds is 4. The molecule has 0 aliphatic carbocycles. The summed E-state index contributed by atoms with van der Waals surface area (Å²) in [6.45, 7) is 6.20. The molecule has 1 fully saturated rings. The monoisotopic (exact) mass is 343 g/mol. The Bertz CT molecular complexity index is 758. The van der Waals surface area contributed by atoms with Gasteiger partial charge in [-0.2, -0.15) is 0 Å². The van der Waals surface area contributed by atoms with Crippen LogP contribution in [0.25, 0.3) is 0 Å². The summed E-state index contributed by atoms with van der Waals surface area (Å²) in [5.41, 5.74) is 4.60. The van der Waals surface area contributed by atoms with Crippen molar-refractivity contribution in [2.45, 2.75) is 32.2 Å². The van der Waals surface area contributed by atoms with Gasteiger partial charge < -0.3 is 9.84 Å². The summed E-state index contributed by atoms with van der Waals surface area (Å²) < 4.78 is 6.03. The Kier molecular flexibility index (Phi) is 4.83. The highest BCUT2D eigenvalue weighted by molar-refractivity contribution is 7.99. The van der Waals surface area contributed by atoms with Gasteiger partial charge in [0.15, 0.2) is 0 Å². The average molecular weight is 343 g/mol. The van der Waals surface area contributed by atoms with Crippen LogP contribution in [0.1, 0.15) is 27.6 Å². The highest BCUT2D eigenvalue weighted by atomic mass is 32.2. The third kappa shape index (κ3) is 3.57. The van der Waals surface area contributed by atoms with Crippen LogP contribution in [0, 0.1) is 20.8 Å². The van der Waals surface area contributed by atoms with Crippen molar-refractivity contribution in [1.29, 1.82) is 0 Å². The number of carbonyl (C=O) groups is 1. The lowest BCUT2D eigenvalue weighted by atomic mass is 10.1. The predicted molar refractivity (Wildman–Crippen MR) is 96.9 cm³/mol. The van der Waals surface area contributed by atoms with Crippen molar-refractivity contribution >= 4 is 17.7 Å². The Labute approximate surface area is 146 Å². The normalized spacial score (nSPS) is 20.1. The maximum atomic E-state index is 11.0. The van der Waals surface area contributed by atoms with Crippen LogP contribution in [0.4, 0.5) is 0 Å². The first-order valence-corrected chi connectivity index (χ1v) is 8.95. The van der Waals surface area contributed by atoms with Crippen LogP contribution in [0.15, 0.2) is 36.4 Å². The van der Waals surface area contributed by atoms with E-state index in [1.54, 1.807) is 11.8 Å². The Morgan fingerprint density at radius 1 is 1.21 bits per heavy atom. The van der Waals surface area contributed by atoms with Gasteiger partial charge in [0.05, 0.1) is 5.37 Å². The van der Waals surface area contributed by atoms with Gasteiger partial charge in [-0.15, -0.1) is 11.8 Å².